The van der Waals surface area contributed by atoms with Crippen molar-refractivity contribution >= 4 is 33.7 Å². The first-order valence-corrected chi connectivity index (χ1v) is 14.8. The maximum Gasteiger partial charge on any atom is 0.338 e. The van der Waals surface area contributed by atoms with Crippen LogP contribution in [0.4, 0.5) is 0 Å². The van der Waals surface area contributed by atoms with Crippen molar-refractivity contribution in [2.75, 3.05) is 52.5 Å². The van der Waals surface area contributed by atoms with E-state index in [9.17, 15) is 9.59 Å². The minimum Gasteiger partial charge on any atom is -0.461 e. The van der Waals surface area contributed by atoms with E-state index in [-0.39, 0.29) is 11.9 Å². The molecule has 2 aromatic heterocycles. The van der Waals surface area contributed by atoms with E-state index in [1.54, 1.807) is 0 Å². The number of nitrogens with zero attached hydrogens (tertiary/aromatic N) is 2. The number of ether oxygens (including phenoxy) is 2. The summed E-state index contributed by atoms with van der Waals surface area (Å²) in [6.07, 6.45) is 0.675. The Morgan fingerprint density at radius 3 is 1.41 bits per heavy atom. The molecule has 0 unspecified atom stereocenters. The van der Waals surface area contributed by atoms with Crippen molar-refractivity contribution in [1.29, 1.82) is 0 Å². The van der Waals surface area contributed by atoms with Crippen molar-refractivity contribution in [1.82, 2.24) is 19.8 Å². The van der Waals surface area contributed by atoms with Crippen LogP contribution in [-0.2, 0) is 15.9 Å². The van der Waals surface area contributed by atoms with Gasteiger partial charge in [0.2, 0.25) is 0 Å². The number of nitrogens with one attached hydrogen (secondary N) is 2. The molecule has 0 aliphatic heterocycles. The maximum absolute atomic E-state index is 12.7. The van der Waals surface area contributed by atoms with Crippen LogP contribution in [0, 0.1) is 13.8 Å². The number of rotatable bonds is 14. The Kier molecular flexibility index (Phi) is 10.2. The van der Waals surface area contributed by atoms with Crippen LogP contribution in [0.3, 0.4) is 0 Å². The molecule has 0 atom stereocenters. The monoisotopic (exact) mass is 560 g/mol. The highest BCUT2D eigenvalue weighted by atomic mass is 16.5. The van der Waals surface area contributed by atoms with Crippen LogP contribution in [0.5, 0.6) is 0 Å². The Morgan fingerprint density at radius 1 is 0.659 bits per heavy atom. The standard InChI is InChI=1S/C33H44N4O4/c1-7-36(8-2)15-17-40-32(38)24-11-13-28-26(19-24)22(5)30(34-28)21-31-23(6)27-20-25(12-14-29(27)35-31)33(39)41-18-16-37(9-3)10-4/h11-14,19-20,34-35H,7-10,15-18,21H2,1-6H3. The zero-order valence-corrected chi connectivity index (χ0v) is 25.4. The fourth-order valence-electron chi connectivity index (χ4n) is 5.33. The molecule has 41 heavy (non-hydrogen) atoms. The van der Waals surface area contributed by atoms with Gasteiger partial charge in [0, 0.05) is 52.7 Å². The predicted octanol–water partition coefficient (Wildman–Crippen LogP) is 5.85. The molecular weight excluding hydrogens is 516 g/mol. The zero-order chi connectivity index (χ0) is 29.5. The molecule has 0 bridgehead atoms. The van der Waals surface area contributed by atoms with Crippen molar-refractivity contribution in [3.8, 4) is 0 Å². The number of aryl methyl sites for hydroxylation is 2. The Labute approximate surface area is 243 Å². The summed E-state index contributed by atoms with van der Waals surface area (Å²) >= 11 is 0. The van der Waals surface area contributed by atoms with Crippen molar-refractivity contribution < 1.29 is 19.1 Å². The summed E-state index contributed by atoms with van der Waals surface area (Å²) in [4.78, 5) is 36.9. The minimum atomic E-state index is -0.296. The number of carbonyl (C=O) groups excluding carboxylic acids is 2. The van der Waals surface area contributed by atoms with E-state index in [1.807, 2.05) is 36.4 Å². The molecule has 8 heteroatoms. The number of H-pyrrole nitrogens is 2. The van der Waals surface area contributed by atoms with Crippen LogP contribution in [0.25, 0.3) is 21.8 Å². The van der Waals surface area contributed by atoms with Crippen molar-refractivity contribution in [3.05, 3.63) is 70.0 Å². The Morgan fingerprint density at radius 2 is 1.05 bits per heavy atom. The first-order chi connectivity index (χ1) is 19.8. The molecule has 220 valence electrons. The number of likely N-dealkylation sites (N-methyl/N-ethyl adjacent to an activating group) is 2. The zero-order valence-electron chi connectivity index (χ0n) is 25.4. The average molecular weight is 561 g/mol. The summed E-state index contributed by atoms with van der Waals surface area (Å²) in [7, 11) is 0. The van der Waals surface area contributed by atoms with Gasteiger partial charge in [0.1, 0.15) is 13.2 Å². The van der Waals surface area contributed by atoms with Crippen LogP contribution >= 0.6 is 0 Å². The fourth-order valence-corrected chi connectivity index (χ4v) is 5.33. The summed E-state index contributed by atoms with van der Waals surface area (Å²) in [6.45, 7) is 18.5. The van der Waals surface area contributed by atoms with E-state index in [2.05, 4.69) is 61.3 Å². The molecule has 2 heterocycles. The highest BCUT2D eigenvalue weighted by molar-refractivity contribution is 5.97. The second-order valence-electron chi connectivity index (χ2n) is 10.5. The summed E-state index contributed by atoms with van der Waals surface area (Å²) < 4.78 is 11.1. The van der Waals surface area contributed by atoms with E-state index in [0.717, 1.165) is 83.6 Å². The van der Waals surface area contributed by atoms with Gasteiger partial charge in [0.25, 0.3) is 0 Å². The van der Waals surface area contributed by atoms with Crippen LogP contribution in [-0.4, -0.2) is 84.2 Å². The summed E-state index contributed by atoms with van der Waals surface area (Å²) in [5, 5.41) is 2.03. The van der Waals surface area contributed by atoms with E-state index < -0.39 is 0 Å². The van der Waals surface area contributed by atoms with Gasteiger partial charge in [0.15, 0.2) is 0 Å². The topological polar surface area (TPSA) is 90.7 Å². The fraction of sp³-hybridized carbons (Fsp3) is 0.455. The molecular formula is C33H44N4O4. The third kappa shape index (κ3) is 7.00. The lowest BCUT2D eigenvalue weighted by Gasteiger charge is -2.17. The van der Waals surface area contributed by atoms with Gasteiger partial charge < -0.3 is 29.2 Å². The highest BCUT2D eigenvalue weighted by Gasteiger charge is 2.17. The number of fused-ring (bicyclic) bond motifs is 2. The molecule has 0 fully saturated rings. The third-order valence-electron chi connectivity index (χ3n) is 8.22. The molecule has 8 nitrogen and oxygen atoms in total. The Bertz CT molecular complexity index is 1380. The Hall–Kier alpha value is -3.62. The number of esters is 2. The SMILES string of the molecule is CCN(CC)CCOC(=O)c1ccc2[nH]c(Cc3[nH]c4ccc(C(=O)OCCN(CC)CC)cc4c3C)c(C)c2c1. The quantitative estimate of drug-likeness (QED) is 0.188. The van der Waals surface area contributed by atoms with E-state index in [1.165, 1.54) is 0 Å². The second kappa shape index (κ2) is 13.8. The average Bonchev–Trinajstić information content (AvgIpc) is 3.47. The molecule has 4 aromatic rings. The summed E-state index contributed by atoms with van der Waals surface area (Å²) in [5.41, 5.74) is 7.46. The van der Waals surface area contributed by atoms with Crippen LogP contribution < -0.4 is 0 Å². The van der Waals surface area contributed by atoms with Gasteiger partial charge in [-0.3, -0.25) is 0 Å². The maximum atomic E-state index is 12.7. The molecule has 2 aromatic carbocycles. The van der Waals surface area contributed by atoms with Crippen LogP contribution in [0.1, 0.15) is 70.9 Å². The largest absolute Gasteiger partial charge is 0.461 e. The lowest BCUT2D eigenvalue weighted by atomic mass is 10.0. The van der Waals surface area contributed by atoms with Crippen molar-refractivity contribution in [3.63, 3.8) is 0 Å². The van der Waals surface area contributed by atoms with Crippen molar-refractivity contribution in [2.24, 2.45) is 0 Å². The molecule has 0 amide bonds. The number of hydrogen-bond donors (Lipinski definition) is 2. The lowest BCUT2D eigenvalue weighted by molar-refractivity contribution is 0.0458. The Balaban J connectivity index is 1.47. The van der Waals surface area contributed by atoms with E-state index in [0.29, 0.717) is 30.8 Å². The first kappa shape index (κ1) is 30.3. The molecule has 0 radical (unpaired) electrons. The number of benzene rings is 2. The number of carbonyl (C=O) groups is 2. The number of hydrogen-bond acceptors (Lipinski definition) is 6. The van der Waals surface area contributed by atoms with Gasteiger partial charge in [-0.25, -0.2) is 9.59 Å². The first-order valence-electron chi connectivity index (χ1n) is 14.8. The smallest absolute Gasteiger partial charge is 0.338 e. The van der Waals surface area contributed by atoms with Gasteiger partial charge in [0.05, 0.1) is 11.1 Å². The van der Waals surface area contributed by atoms with Crippen molar-refractivity contribution in [2.45, 2.75) is 48.0 Å². The lowest BCUT2D eigenvalue weighted by Crippen LogP contribution is -2.27. The molecule has 0 saturated carbocycles. The number of aromatic nitrogens is 2. The third-order valence-corrected chi connectivity index (χ3v) is 8.22. The normalized spacial score (nSPS) is 11.7. The van der Waals surface area contributed by atoms with Crippen LogP contribution in [0.2, 0.25) is 0 Å². The minimum absolute atomic E-state index is 0.296. The van der Waals surface area contributed by atoms with E-state index >= 15 is 0 Å². The highest BCUT2D eigenvalue weighted by Crippen LogP contribution is 2.29. The number of aromatic amines is 2. The molecule has 0 spiro atoms. The van der Waals surface area contributed by atoms with Gasteiger partial charge in [-0.2, -0.15) is 0 Å². The van der Waals surface area contributed by atoms with Gasteiger partial charge in [-0.1, -0.05) is 27.7 Å². The summed E-state index contributed by atoms with van der Waals surface area (Å²) in [5.74, 6) is -0.592. The van der Waals surface area contributed by atoms with Gasteiger partial charge >= 0.3 is 11.9 Å². The van der Waals surface area contributed by atoms with Gasteiger partial charge in [-0.15, -0.1) is 0 Å². The predicted molar refractivity (Wildman–Crippen MR) is 165 cm³/mol. The van der Waals surface area contributed by atoms with Gasteiger partial charge in [-0.05, 0) is 87.6 Å². The molecule has 0 saturated heterocycles. The van der Waals surface area contributed by atoms with E-state index in [4.69, 9.17) is 9.47 Å². The molecule has 0 aliphatic carbocycles. The molecule has 0 aliphatic rings. The second-order valence-corrected chi connectivity index (χ2v) is 10.5. The molecule has 4 rings (SSSR count). The summed E-state index contributed by atoms with van der Waals surface area (Å²) in [6, 6.07) is 11.4. The molecule has 2 N–H and O–H groups in total. The van der Waals surface area contributed by atoms with Crippen LogP contribution in [0.15, 0.2) is 36.4 Å².